The molecule has 2 aromatic carbocycles. The number of rotatable bonds is 8. The van der Waals surface area contributed by atoms with Crippen LogP contribution < -0.4 is 5.32 Å². The van der Waals surface area contributed by atoms with E-state index in [1.54, 1.807) is 30.3 Å². The number of halogens is 1. The predicted molar refractivity (Wildman–Crippen MR) is 136 cm³/mol. The van der Waals surface area contributed by atoms with Gasteiger partial charge in [0.25, 0.3) is 0 Å². The molecule has 0 atom stereocenters. The number of benzene rings is 2. The van der Waals surface area contributed by atoms with E-state index >= 15 is 0 Å². The number of aryl methyl sites for hydroxylation is 2. The van der Waals surface area contributed by atoms with Crippen molar-refractivity contribution in [1.82, 2.24) is 20.1 Å². The highest BCUT2D eigenvalue weighted by atomic mass is 35.5. The van der Waals surface area contributed by atoms with Crippen molar-refractivity contribution in [3.05, 3.63) is 105 Å². The van der Waals surface area contributed by atoms with Crippen molar-refractivity contribution in [2.45, 2.75) is 26.8 Å². The topological polar surface area (TPSA) is 76.9 Å². The van der Waals surface area contributed by atoms with Gasteiger partial charge in [-0.25, -0.2) is 0 Å². The van der Waals surface area contributed by atoms with Crippen molar-refractivity contribution in [1.29, 1.82) is 0 Å². The molecule has 4 rings (SSSR count). The van der Waals surface area contributed by atoms with E-state index in [0.29, 0.717) is 32.8 Å². The first-order chi connectivity index (χ1) is 16.5. The Hall–Kier alpha value is -3.55. The molecule has 1 N–H and O–H groups in total. The molecule has 0 saturated carbocycles. The lowest BCUT2D eigenvalue weighted by molar-refractivity contribution is -0.116. The average Bonchev–Trinajstić information content (AvgIpc) is 3.44. The Bertz CT molecular complexity index is 1360. The summed E-state index contributed by atoms with van der Waals surface area (Å²) in [5, 5.41) is 12.4. The lowest BCUT2D eigenvalue weighted by Gasteiger charge is -2.10. The van der Waals surface area contributed by atoms with Crippen molar-refractivity contribution in [3.63, 3.8) is 0 Å². The van der Waals surface area contributed by atoms with Gasteiger partial charge in [-0.3, -0.25) is 14.2 Å². The zero-order chi connectivity index (χ0) is 24.1. The minimum absolute atomic E-state index is 0.162. The minimum atomic E-state index is -0.246. The summed E-state index contributed by atoms with van der Waals surface area (Å²) in [5.41, 5.74) is 1.91. The summed E-state index contributed by atoms with van der Waals surface area (Å²) in [6.07, 6.45) is 4.01. The molecule has 172 valence electrons. The summed E-state index contributed by atoms with van der Waals surface area (Å²) < 4.78 is 1.83. The summed E-state index contributed by atoms with van der Waals surface area (Å²) >= 11 is 7.81. The van der Waals surface area contributed by atoms with Gasteiger partial charge in [0.2, 0.25) is 5.91 Å². The van der Waals surface area contributed by atoms with Crippen LogP contribution >= 0.6 is 22.9 Å². The van der Waals surface area contributed by atoms with Gasteiger partial charge in [0.1, 0.15) is 10.8 Å². The smallest absolute Gasteiger partial charge is 0.244 e. The zero-order valence-corrected chi connectivity index (χ0v) is 20.4. The third kappa shape index (κ3) is 5.16. The Morgan fingerprint density at radius 3 is 2.53 bits per heavy atom. The number of hydrogen-bond donors (Lipinski definition) is 1. The van der Waals surface area contributed by atoms with Gasteiger partial charge in [0.05, 0.1) is 17.1 Å². The summed E-state index contributed by atoms with van der Waals surface area (Å²) in [6.45, 7) is 4.03. The molecule has 6 nitrogen and oxygen atoms in total. The quantitative estimate of drug-likeness (QED) is 0.264. The van der Waals surface area contributed by atoms with E-state index in [0.717, 1.165) is 16.9 Å². The molecule has 0 aliphatic carbocycles. The van der Waals surface area contributed by atoms with Gasteiger partial charge in [-0.15, -0.1) is 21.5 Å². The highest BCUT2D eigenvalue weighted by molar-refractivity contribution is 7.15. The molecule has 0 fully saturated rings. The number of nitrogens with one attached hydrogen (secondary N) is 1. The Labute approximate surface area is 206 Å². The van der Waals surface area contributed by atoms with Crippen molar-refractivity contribution < 1.29 is 9.59 Å². The Balaban J connectivity index is 1.61. The lowest BCUT2D eigenvalue weighted by atomic mass is 10.0. The number of aromatic nitrogens is 3. The number of carbonyl (C=O) groups excluding carboxylic acids is 2. The van der Waals surface area contributed by atoms with Crippen LogP contribution in [0.4, 0.5) is 0 Å². The van der Waals surface area contributed by atoms with Crippen molar-refractivity contribution in [3.8, 4) is 5.00 Å². The van der Waals surface area contributed by atoms with Gasteiger partial charge in [0.15, 0.2) is 11.6 Å². The lowest BCUT2D eigenvalue weighted by Crippen LogP contribution is -2.22. The van der Waals surface area contributed by atoms with Crippen LogP contribution in [0, 0.1) is 6.92 Å². The predicted octanol–water partition coefficient (Wildman–Crippen LogP) is 5.41. The molecule has 8 heteroatoms. The number of ketones is 1. The van der Waals surface area contributed by atoms with E-state index in [1.165, 1.54) is 17.4 Å². The van der Waals surface area contributed by atoms with Crippen LogP contribution in [0.1, 0.15) is 44.9 Å². The molecule has 0 aliphatic rings. The molecule has 2 aromatic heterocycles. The first-order valence-corrected chi connectivity index (χ1v) is 12.0. The number of amides is 1. The first kappa shape index (κ1) is 23.6. The van der Waals surface area contributed by atoms with Crippen LogP contribution in [0.2, 0.25) is 5.02 Å². The highest BCUT2D eigenvalue weighted by Crippen LogP contribution is 2.32. The van der Waals surface area contributed by atoms with E-state index < -0.39 is 0 Å². The average molecular weight is 491 g/mol. The SMILES string of the molecule is CCc1cc(C(=O)c2ccccc2Cl)c(-n2c(C)nnc2CNC(=O)/C=C/c2ccccc2)s1. The van der Waals surface area contributed by atoms with Gasteiger partial charge in [-0.2, -0.15) is 0 Å². The highest BCUT2D eigenvalue weighted by Gasteiger charge is 2.23. The van der Waals surface area contributed by atoms with Crippen LogP contribution in [-0.4, -0.2) is 26.5 Å². The van der Waals surface area contributed by atoms with Gasteiger partial charge < -0.3 is 5.32 Å². The number of hydrogen-bond acceptors (Lipinski definition) is 5. The van der Waals surface area contributed by atoms with Crippen LogP contribution in [0.3, 0.4) is 0 Å². The van der Waals surface area contributed by atoms with Crippen molar-refractivity contribution in [2.24, 2.45) is 0 Å². The van der Waals surface area contributed by atoms with E-state index in [1.807, 2.05) is 54.8 Å². The molecule has 2 heterocycles. The summed E-state index contributed by atoms with van der Waals surface area (Å²) in [6, 6.07) is 18.5. The first-order valence-electron chi connectivity index (χ1n) is 10.8. The zero-order valence-electron chi connectivity index (χ0n) is 18.8. The van der Waals surface area contributed by atoms with Crippen molar-refractivity contribution >= 4 is 40.7 Å². The van der Waals surface area contributed by atoms with E-state index in [4.69, 9.17) is 11.6 Å². The second-order valence-electron chi connectivity index (χ2n) is 7.55. The molecular formula is C26H23ClN4O2S. The summed E-state index contributed by atoms with van der Waals surface area (Å²) in [7, 11) is 0. The van der Waals surface area contributed by atoms with Gasteiger partial charge in [-0.1, -0.05) is 61.0 Å². The largest absolute Gasteiger partial charge is 0.345 e. The fourth-order valence-corrected chi connectivity index (χ4v) is 4.85. The molecule has 0 spiro atoms. The molecule has 0 unspecified atom stereocenters. The second-order valence-corrected chi connectivity index (χ2v) is 9.08. The molecule has 4 aromatic rings. The normalized spacial score (nSPS) is 11.1. The standard InChI is InChI=1S/C26H23ClN4O2S/c1-3-19-15-21(25(33)20-11-7-8-12-22(20)27)26(34-19)31-17(2)29-30-23(31)16-28-24(32)14-13-18-9-5-4-6-10-18/h4-15H,3,16H2,1-2H3,(H,28,32)/b14-13+. The number of thiophene rings is 1. The Morgan fingerprint density at radius 1 is 1.06 bits per heavy atom. The van der Waals surface area contributed by atoms with E-state index in [-0.39, 0.29) is 18.2 Å². The molecule has 1 amide bonds. The van der Waals surface area contributed by atoms with E-state index in [2.05, 4.69) is 15.5 Å². The van der Waals surface area contributed by atoms with Crippen molar-refractivity contribution in [2.75, 3.05) is 0 Å². The van der Waals surface area contributed by atoms with Crippen LogP contribution in [0.15, 0.2) is 66.7 Å². The third-order valence-electron chi connectivity index (χ3n) is 5.22. The fraction of sp³-hybridized carbons (Fsp3) is 0.154. The fourth-order valence-electron chi connectivity index (χ4n) is 3.47. The maximum absolute atomic E-state index is 13.4. The maximum Gasteiger partial charge on any atom is 0.244 e. The monoisotopic (exact) mass is 490 g/mol. The van der Waals surface area contributed by atoms with Crippen LogP contribution in [0.5, 0.6) is 0 Å². The van der Waals surface area contributed by atoms with Gasteiger partial charge >= 0.3 is 0 Å². The minimum Gasteiger partial charge on any atom is -0.345 e. The second kappa shape index (κ2) is 10.6. The van der Waals surface area contributed by atoms with E-state index in [9.17, 15) is 9.59 Å². The Morgan fingerprint density at radius 2 is 1.79 bits per heavy atom. The molecule has 0 radical (unpaired) electrons. The van der Waals surface area contributed by atoms with Gasteiger partial charge in [-0.05, 0) is 43.2 Å². The molecular weight excluding hydrogens is 468 g/mol. The Kier molecular flexibility index (Phi) is 7.35. The molecule has 0 aliphatic heterocycles. The summed E-state index contributed by atoms with van der Waals surface area (Å²) in [4.78, 5) is 26.8. The molecule has 34 heavy (non-hydrogen) atoms. The third-order valence-corrected chi connectivity index (χ3v) is 6.81. The molecule has 0 bridgehead atoms. The number of nitrogens with zero attached hydrogens (tertiary/aromatic N) is 3. The van der Waals surface area contributed by atoms with Crippen LogP contribution in [0.25, 0.3) is 11.1 Å². The maximum atomic E-state index is 13.4. The molecule has 0 saturated heterocycles. The van der Waals surface area contributed by atoms with Crippen LogP contribution in [-0.2, 0) is 17.8 Å². The van der Waals surface area contributed by atoms with Gasteiger partial charge in [0, 0.05) is 16.5 Å². The number of carbonyl (C=O) groups is 2. The summed E-state index contributed by atoms with van der Waals surface area (Å²) in [5.74, 6) is 0.757.